The molecule has 1 atom stereocenters. The summed E-state index contributed by atoms with van der Waals surface area (Å²) in [7, 11) is 0. The Hall–Kier alpha value is -0.970. The second-order valence-corrected chi connectivity index (χ2v) is 4.17. The molecule has 0 aliphatic carbocycles. The SMILES string of the molecule is CCC1CSC(=NCc2ccno2)N1. The second kappa shape index (κ2) is 4.50. The van der Waals surface area contributed by atoms with Crippen LogP contribution in [-0.4, -0.2) is 22.1 Å². The van der Waals surface area contributed by atoms with E-state index in [0.29, 0.717) is 12.6 Å². The molecule has 0 saturated carbocycles. The third kappa shape index (κ3) is 2.29. The molecule has 0 bridgehead atoms. The molecule has 2 heterocycles. The Labute approximate surface area is 87.1 Å². The topological polar surface area (TPSA) is 50.4 Å². The van der Waals surface area contributed by atoms with Gasteiger partial charge in [-0.25, -0.2) is 0 Å². The van der Waals surface area contributed by atoms with E-state index in [9.17, 15) is 0 Å². The van der Waals surface area contributed by atoms with Crippen LogP contribution in [0.4, 0.5) is 0 Å². The first-order valence-electron chi connectivity index (χ1n) is 4.72. The fourth-order valence-electron chi connectivity index (χ4n) is 1.22. The molecule has 5 heteroatoms. The van der Waals surface area contributed by atoms with E-state index in [1.165, 1.54) is 0 Å². The van der Waals surface area contributed by atoms with Crippen LogP contribution >= 0.6 is 11.8 Å². The monoisotopic (exact) mass is 211 g/mol. The molecule has 2 rings (SSSR count). The summed E-state index contributed by atoms with van der Waals surface area (Å²) >= 11 is 1.77. The number of nitrogens with zero attached hydrogens (tertiary/aromatic N) is 2. The molecule has 0 spiro atoms. The van der Waals surface area contributed by atoms with E-state index in [1.807, 2.05) is 6.07 Å². The Morgan fingerprint density at radius 3 is 3.36 bits per heavy atom. The quantitative estimate of drug-likeness (QED) is 0.826. The molecule has 1 saturated heterocycles. The maximum atomic E-state index is 4.95. The third-order valence-corrected chi connectivity index (χ3v) is 3.20. The molecule has 0 radical (unpaired) electrons. The number of amidine groups is 1. The minimum absolute atomic E-state index is 0.575. The van der Waals surface area contributed by atoms with Crippen LogP contribution in [0.25, 0.3) is 0 Å². The Morgan fingerprint density at radius 2 is 2.71 bits per heavy atom. The minimum atomic E-state index is 0.575. The molecule has 1 aliphatic heterocycles. The van der Waals surface area contributed by atoms with Crippen molar-refractivity contribution in [2.24, 2.45) is 4.99 Å². The van der Waals surface area contributed by atoms with E-state index >= 15 is 0 Å². The van der Waals surface area contributed by atoms with Gasteiger partial charge in [0, 0.05) is 17.9 Å². The number of thioether (sulfide) groups is 1. The predicted molar refractivity (Wildman–Crippen MR) is 57.3 cm³/mol. The zero-order chi connectivity index (χ0) is 9.80. The number of nitrogens with one attached hydrogen (secondary N) is 1. The Morgan fingerprint density at radius 1 is 1.79 bits per heavy atom. The van der Waals surface area contributed by atoms with Crippen LogP contribution < -0.4 is 5.32 Å². The summed E-state index contributed by atoms with van der Waals surface area (Å²) in [5.41, 5.74) is 0. The Kier molecular flexibility index (Phi) is 3.08. The lowest BCUT2D eigenvalue weighted by molar-refractivity contribution is 0.385. The van der Waals surface area contributed by atoms with Crippen molar-refractivity contribution in [1.82, 2.24) is 10.5 Å². The summed E-state index contributed by atoms with van der Waals surface area (Å²) in [4.78, 5) is 4.40. The number of aliphatic imine (C=N–C) groups is 1. The lowest BCUT2D eigenvalue weighted by Gasteiger charge is -2.03. The van der Waals surface area contributed by atoms with Gasteiger partial charge in [-0.2, -0.15) is 0 Å². The van der Waals surface area contributed by atoms with Crippen LogP contribution in [-0.2, 0) is 6.54 Å². The van der Waals surface area contributed by atoms with Gasteiger partial charge >= 0.3 is 0 Å². The average Bonchev–Trinajstić information content (AvgIpc) is 2.86. The van der Waals surface area contributed by atoms with Crippen molar-refractivity contribution in [3.8, 4) is 0 Å². The Bertz CT molecular complexity index is 310. The van der Waals surface area contributed by atoms with Gasteiger partial charge < -0.3 is 9.84 Å². The fourth-order valence-corrected chi connectivity index (χ4v) is 2.31. The number of hydrogen-bond donors (Lipinski definition) is 1. The molecule has 14 heavy (non-hydrogen) atoms. The highest BCUT2D eigenvalue weighted by molar-refractivity contribution is 8.14. The zero-order valence-electron chi connectivity index (χ0n) is 8.06. The number of rotatable bonds is 3. The van der Waals surface area contributed by atoms with Gasteiger partial charge in [0.15, 0.2) is 10.9 Å². The van der Waals surface area contributed by atoms with E-state index in [-0.39, 0.29) is 0 Å². The zero-order valence-corrected chi connectivity index (χ0v) is 8.88. The van der Waals surface area contributed by atoms with Crippen LogP contribution in [0.5, 0.6) is 0 Å². The van der Waals surface area contributed by atoms with Crippen LogP contribution in [0, 0.1) is 0 Å². The molecule has 1 aromatic rings. The summed E-state index contributed by atoms with van der Waals surface area (Å²) < 4.78 is 4.95. The van der Waals surface area contributed by atoms with Crippen molar-refractivity contribution in [3.63, 3.8) is 0 Å². The van der Waals surface area contributed by atoms with Crippen molar-refractivity contribution in [2.45, 2.75) is 25.9 Å². The van der Waals surface area contributed by atoms with Crippen LogP contribution in [0.1, 0.15) is 19.1 Å². The van der Waals surface area contributed by atoms with E-state index in [0.717, 1.165) is 23.1 Å². The fraction of sp³-hybridized carbons (Fsp3) is 0.556. The molecule has 1 aliphatic rings. The standard InChI is InChI=1S/C9H13N3OS/c1-2-7-6-14-9(12-7)10-5-8-3-4-11-13-8/h3-4,7H,2,5-6H2,1H3,(H,10,12). The largest absolute Gasteiger partial charge is 0.361 e. The van der Waals surface area contributed by atoms with Gasteiger partial charge in [0.1, 0.15) is 6.54 Å². The van der Waals surface area contributed by atoms with Crippen LogP contribution in [0.3, 0.4) is 0 Å². The molecule has 1 fully saturated rings. The highest BCUT2D eigenvalue weighted by Crippen LogP contribution is 2.16. The van der Waals surface area contributed by atoms with E-state index in [4.69, 9.17) is 4.52 Å². The summed E-state index contributed by atoms with van der Waals surface area (Å²) in [5, 5.41) is 8.00. The maximum Gasteiger partial charge on any atom is 0.158 e. The van der Waals surface area contributed by atoms with Crippen LogP contribution in [0.2, 0.25) is 0 Å². The molecule has 1 unspecified atom stereocenters. The molecule has 1 N–H and O–H groups in total. The van der Waals surface area contributed by atoms with E-state index < -0.39 is 0 Å². The summed E-state index contributed by atoms with van der Waals surface area (Å²) in [6.07, 6.45) is 2.79. The number of aromatic nitrogens is 1. The predicted octanol–water partition coefficient (Wildman–Crippen LogP) is 1.65. The summed E-state index contributed by atoms with van der Waals surface area (Å²) in [5.74, 6) is 1.92. The highest BCUT2D eigenvalue weighted by atomic mass is 32.2. The summed E-state index contributed by atoms with van der Waals surface area (Å²) in [6, 6.07) is 2.41. The van der Waals surface area contributed by atoms with E-state index in [2.05, 4.69) is 22.4 Å². The first-order chi connectivity index (χ1) is 6.88. The third-order valence-electron chi connectivity index (χ3n) is 2.11. The molecular formula is C9H13N3OS. The lowest BCUT2D eigenvalue weighted by Crippen LogP contribution is -2.25. The van der Waals surface area contributed by atoms with Gasteiger partial charge in [-0.05, 0) is 6.42 Å². The van der Waals surface area contributed by atoms with Gasteiger partial charge in [-0.3, -0.25) is 4.99 Å². The van der Waals surface area contributed by atoms with E-state index in [1.54, 1.807) is 18.0 Å². The first kappa shape index (κ1) is 9.58. The van der Waals surface area contributed by atoms with Gasteiger partial charge in [0.2, 0.25) is 0 Å². The summed E-state index contributed by atoms with van der Waals surface area (Å²) in [6.45, 7) is 2.75. The van der Waals surface area contributed by atoms with Crippen molar-refractivity contribution in [1.29, 1.82) is 0 Å². The molecule has 76 valence electrons. The minimum Gasteiger partial charge on any atom is -0.361 e. The first-order valence-corrected chi connectivity index (χ1v) is 5.70. The smallest absolute Gasteiger partial charge is 0.158 e. The number of hydrogen-bond acceptors (Lipinski definition) is 4. The average molecular weight is 211 g/mol. The van der Waals surface area contributed by atoms with Crippen molar-refractivity contribution in [3.05, 3.63) is 18.0 Å². The highest BCUT2D eigenvalue weighted by Gasteiger charge is 2.17. The second-order valence-electron chi connectivity index (χ2n) is 3.16. The van der Waals surface area contributed by atoms with Crippen molar-refractivity contribution >= 4 is 16.9 Å². The van der Waals surface area contributed by atoms with Crippen LogP contribution in [0.15, 0.2) is 21.8 Å². The molecule has 1 aromatic heterocycles. The normalized spacial score (nSPS) is 24.1. The van der Waals surface area contributed by atoms with Gasteiger partial charge in [0.05, 0.1) is 6.20 Å². The van der Waals surface area contributed by atoms with Gasteiger partial charge in [0.25, 0.3) is 0 Å². The van der Waals surface area contributed by atoms with Gasteiger partial charge in [-0.1, -0.05) is 23.8 Å². The van der Waals surface area contributed by atoms with Gasteiger partial charge in [-0.15, -0.1) is 0 Å². The van der Waals surface area contributed by atoms with Crippen molar-refractivity contribution < 1.29 is 4.52 Å². The lowest BCUT2D eigenvalue weighted by atomic mass is 10.3. The Balaban J connectivity index is 1.87. The maximum absolute atomic E-state index is 4.95. The molecule has 0 aromatic carbocycles. The molecule has 0 amide bonds. The molecular weight excluding hydrogens is 198 g/mol. The van der Waals surface area contributed by atoms with Crippen molar-refractivity contribution in [2.75, 3.05) is 5.75 Å². The molecule has 4 nitrogen and oxygen atoms in total.